The lowest BCUT2D eigenvalue weighted by atomic mass is 10.1. The van der Waals surface area contributed by atoms with Crippen LogP contribution in [0.1, 0.15) is 17.5 Å². The summed E-state index contributed by atoms with van der Waals surface area (Å²) < 4.78 is 10.8. The number of ether oxygens (including phenoxy) is 1. The molecule has 0 unspecified atom stereocenters. The van der Waals surface area contributed by atoms with Gasteiger partial charge in [0, 0.05) is 23.7 Å². The molecule has 6 nitrogen and oxygen atoms in total. The molecule has 0 fully saturated rings. The molecular weight excluding hydrogens is 392 g/mol. The van der Waals surface area contributed by atoms with E-state index in [1.165, 1.54) is 6.26 Å². The van der Waals surface area contributed by atoms with Crippen LogP contribution in [-0.2, 0) is 4.79 Å². The van der Waals surface area contributed by atoms with Gasteiger partial charge in [-0.15, -0.1) is 0 Å². The first kappa shape index (κ1) is 20.2. The molecule has 0 aliphatic carbocycles. The van der Waals surface area contributed by atoms with Gasteiger partial charge in [-0.3, -0.25) is 9.59 Å². The Hall–Kier alpha value is -4.06. The van der Waals surface area contributed by atoms with Crippen LogP contribution in [0, 0.1) is 0 Å². The van der Waals surface area contributed by atoms with Gasteiger partial charge in [0.2, 0.25) is 0 Å². The number of rotatable bonds is 7. The number of carbonyl (C=O) groups is 2. The number of hydrogen-bond acceptors (Lipinski definition) is 4. The fraction of sp³-hybridized carbons (Fsp3) is 0.120. The highest BCUT2D eigenvalue weighted by atomic mass is 16.5. The summed E-state index contributed by atoms with van der Waals surface area (Å²) in [5.74, 6) is 0.199. The summed E-state index contributed by atoms with van der Waals surface area (Å²) in [5.41, 5.74) is 1.40. The summed E-state index contributed by atoms with van der Waals surface area (Å²) in [6, 6.07) is 24.0. The lowest BCUT2D eigenvalue weighted by Gasteiger charge is -2.23. The quantitative estimate of drug-likeness (QED) is 0.456. The third-order valence-corrected chi connectivity index (χ3v) is 4.87. The second kappa shape index (κ2) is 9.17. The normalized spacial score (nSPS) is 10.6. The molecule has 1 N–H and O–H groups in total. The van der Waals surface area contributed by atoms with Crippen molar-refractivity contribution >= 4 is 34.0 Å². The first-order valence-corrected chi connectivity index (χ1v) is 10.0. The van der Waals surface area contributed by atoms with Crippen LogP contribution in [0.4, 0.5) is 11.4 Å². The van der Waals surface area contributed by atoms with Crippen molar-refractivity contribution in [1.29, 1.82) is 0 Å². The maximum absolute atomic E-state index is 12.9. The molecule has 1 aromatic heterocycles. The average Bonchev–Trinajstić information content (AvgIpc) is 3.34. The van der Waals surface area contributed by atoms with Crippen molar-refractivity contribution < 1.29 is 18.7 Å². The van der Waals surface area contributed by atoms with E-state index in [9.17, 15) is 9.59 Å². The molecule has 0 saturated carbocycles. The van der Waals surface area contributed by atoms with Gasteiger partial charge in [0.25, 0.3) is 11.8 Å². The molecule has 0 radical (unpaired) electrons. The Balaban J connectivity index is 1.44. The Morgan fingerprint density at radius 1 is 0.968 bits per heavy atom. The summed E-state index contributed by atoms with van der Waals surface area (Å²) in [6.45, 7) is 2.34. The third kappa shape index (κ3) is 4.59. The van der Waals surface area contributed by atoms with E-state index in [0.717, 1.165) is 16.5 Å². The van der Waals surface area contributed by atoms with Crippen molar-refractivity contribution in [2.75, 3.05) is 23.4 Å². The minimum Gasteiger partial charge on any atom is -0.484 e. The van der Waals surface area contributed by atoms with Crippen molar-refractivity contribution in [3.63, 3.8) is 0 Å². The van der Waals surface area contributed by atoms with Crippen molar-refractivity contribution in [2.45, 2.75) is 6.92 Å². The summed E-state index contributed by atoms with van der Waals surface area (Å²) in [4.78, 5) is 26.8. The smallest absolute Gasteiger partial charge is 0.291 e. The predicted octanol–water partition coefficient (Wildman–Crippen LogP) is 5.12. The zero-order valence-electron chi connectivity index (χ0n) is 17.1. The van der Waals surface area contributed by atoms with Crippen LogP contribution < -0.4 is 15.0 Å². The van der Waals surface area contributed by atoms with Gasteiger partial charge in [-0.2, -0.15) is 0 Å². The number of carbonyl (C=O) groups excluding carboxylic acids is 2. The Morgan fingerprint density at radius 3 is 2.58 bits per heavy atom. The molecule has 31 heavy (non-hydrogen) atoms. The first-order valence-electron chi connectivity index (χ1n) is 10.0. The minimum atomic E-state index is -0.355. The molecule has 4 aromatic rings. The van der Waals surface area contributed by atoms with Gasteiger partial charge in [-0.25, -0.2) is 0 Å². The standard InChI is InChI=1S/C25H22N2O4/c1-2-27(22-13-5-9-18-8-3-4-12-21(18)22)24(28)17-31-20-11-6-10-19(16-20)26-25(29)23-14-7-15-30-23/h3-16H,2,17H2,1H3,(H,26,29). The molecule has 6 heteroatoms. The number of furan rings is 1. The molecule has 156 valence electrons. The highest BCUT2D eigenvalue weighted by Crippen LogP contribution is 2.27. The molecule has 0 saturated heterocycles. The maximum atomic E-state index is 12.9. The van der Waals surface area contributed by atoms with E-state index in [1.54, 1.807) is 41.3 Å². The SMILES string of the molecule is CCN(C(=O)COc1cccc(NC(=O)c2ccco2)c1)c1cccc2ccccc12. The topological polar surface area (TPSA) is 71.8 Å². The molecule has 0 aliphatic rings. The van der Waals surface area contributed by atoms with E-state index in [-0.39, 0.29) is 24.2 Å². The number of nitrogens with one attached hydrogen (secondary N) is 1. The molecule has 0 spiro atoms. The molecule has 0 aliphatic heterocycles. The first-order chi connectivity index (χ1) is 15.2. The van der Waals surface area contributed by atoms with Gasteiger partial charge in [-0.1, -0.05) is 42.5 Å². The average molecular weight is 414 g/mol. The maximum Gasteiger partial charge on any atom is 0.291 e. The number of fused-ring (bicyclic) bond motifs is 1. The Kier molecular flexibility index (Phi) is 5.98. The molecule has 3 aromatic carbocycles. The molecule has 4 rings (SSSR count). The molecular formula is C25H22N2O4. The van der Waals surface area contributed by atoms with Crippen molar-refractivity contribution in [1.82, 2.24) is 0 Å². The summed E-state index contributed by atoms with van der Waals surface area (Å²) in [6.07, 6.45) is 1.44. The summed E-state index contributed by atoms with van der Waals surface area (Å²) >= 11 is 0. The Labute approximate surface area is 180 Å². The number of benzene rings is 3. The Morgan fingerprint density at radius 2 is 1.77 bits per heavy atom. The van der Waals surface area contributed by atoms with Crippen LogP contribution in [0.25, 0.3) is 10.8 Å². The van der Waals surface area contributed by atoms with Gasteiger partial charge in [0.05, 0.1) is 12.0 Å². The van der Waals surface area contributed by atoms with Crippen LogP contribution in [0.2, 0.25) is 0 Å². The van der Waals surface area contributed by atoms with Gasteiger partial charge in [-0.05, 0) is 42.6 Å². The van der Waals surface area contributed by atoms with E-state index in [4.69, 9.17) is 9.15 Å². The van der Waals surface area contributed by atoms with Gasteiger partial charge in [0.15, 0.2) is 12.4 Å². The lowest BCUT2D eigenvalue weighted by Crippen LogP contribution is -2.34. The monoisotopic (exact) mass is 414 g/mol. The predicted molar refractivity (Wildman–Crippen MR) is 121 cm³/mol. The number of amides is 2. The number of hydrogen-bond donors (Lipinski definition) is 1. The van der Waals surface area contributed by atoms with Crippen molar-refractivity contribution in [2.24, 2.45) is 0 Å². The molecule has 0 atom stereocenters. The van der Waals surface area contributed by atoms with Crippen LogP contribution in [0.5, 0.6) is 5.75 Å². The van der Waals surface area contributed by atoms with Gasteiger partial charge < -0.3 is 19.4 Å². The molecule has 0 bridgehead atoms. The van der Waals surface area contributed by atoms with E-state index in [1.807, 2.05) is 49.4 Å². The van der Waals surface area contributed by atoms with Crippen LogP contribution in [0.15, 0.2) is 89.5 Å². The van der Waals surface area contributed by atoms with Crippen LogP contribution in [0.3, 0.4) is 0 Å². The fourth-order valence-electron chi connectivity index (χ4n) is 3.41. The van der Waals surface area contributed by atoms with Crippen LogP contribution in [-0.4, -0.2) is 25.0 Å². The van der Waals surface area contributed by atoms with Crippen LogP contribution >= 0.6 is 0 Å². The van der Waals surface area contributed by atoms with Gasteiger partial charge >= 0.3 is 0 Å². The van der Waals surface area contributed by atoms with E-state index < -0.39 is 0 Å². The highest BCUT2D eigenvalue weighted by Gasteiger charge is 2.17. The molecule has 2 amide bonds. The lowest BCUT2D eigenvalue weighted by molar-refractivity contribution is -0.120. The Bertz CT molecular complexity index is 1200. The fourth-order valence-corrected chi connectivity index (χ4v) is 3.41. The van der Waals surface area contributed by atoms with E-state index in [2.05, 4.69) is 5.32 Å². The third-order valence-electron chi connectivity index (χ3n) is 4.87. The number of anilines is 2. The second-order valence-corrected chi connectivity index (χ2v) is 6.88. The minimum absolute atomic E-state index is 0.118. The van der Waals surface area contributed by atoms with Crippen molar-refractivity contribution in [3.8, 4) is 5.75 Å². The van der Waals surface area contributed by atoms with Gasteiger partial charge in [0.1, 0.15) is 5.75 Å². The highest BCUT2D eigenvalue weighted by molar-refractivity contribution is 6.04. The number of nitrogens with zero attached hydrogens (tertiary/aromatic N) is 1. The second-order valence-electron chi connectivity index (χ2n) is 6.88. The van der Waals surface area contributed by atoms with E-state index >= 15 is 0 Å². The molecule has 1 heterocycles. The van der Waals surface area contributed by atoms with E-state index in [0.29, 0.717) is 18.0 Å². The number of likely N-dealkylation sites (N-methyl/N-ethyl adjacent to an activating group) is 1. The van der Waals surface area contributed by atoms with Crippen molar-refractivity contribution in [3.05, 3.63) is 90.9 Å². The largest absolute Gasteiger partial charge is 0.484 e. The summed E-state index contributed by atoms with van der Waals surface area (Å²) in [5, 5.41) is 4.84. The zero-order valence-corrected chi connectivity index (χ0v) is 17.1. The zero-order chi connectivity index (χ0) is 21.6. The summed E-state index contributed by atoms with van der Waals surface area (Å²) in [7, 11) is 0.